The van der Waals surface area contributed by atoms with Crippen LogP contribution in [-0.4, -0.2) is 34.0 Å². The van der Waals surface area contributed by atoms with Crippen molar-refractivity contribution in [1.82, 2.24) is 15.4 Å². The van der Waals surface area contributed by atoms with E-state index in [0.717, 1.165) is 24.0 Å². The van der Waals surface area contributed by atoms with Gasteiger partial charge >= 0.3 is 0 Å². The van der Waals surface area contributed by atoms with Crippen molar-refractivity contribution in [2.75, 3.05) is 13.6 Å². The van der Waals surface area contributed by atoms with Gasteiger partial charge in [-0.1, -0.05) is 19.1 Å². The van der Waals surface area contributed by atoms with Crippen LogP contribution in [0.3, 0.4) is 0 Å². The standard InChI is InChI=1S/C18H30N4O2S.HI/c1-4-20-18(22-16-9-5-14(2)6-10-16)21-13-15-7-11-17(12-8-15)25(23,24)19-3;/h7-8,11-12,14,16,19H,4-6,9-10,13H2,1-3H3,(H2,20,21,22);1H. The fourth-order valence-corrected chi connectivity index (χ4v) is 3.71. The summed E-state index contributed by atoms with van der Waals surface area (Å²) in [6.07, 6.45) is 4.89. The highest BCUT2D eigenvalue weighted by Gasteiger charge is 2.18. The summed E-state index contributed by atoms with van der Waals surface area (Å²) in [5.41, 5.74) is 0.976. The molecule has 2 rings (SSSR count). The number of nitrogens with one attached hydrogen (secondary N) is 3. The van der Waals surface area contributed by atoms with Gasteiger partial charge in [0, 0.05) is 12.6 Å². The number of benzene rings is 1. The zero-order valence-corrected chi connectivity index (χ0v) is 18.9. The van der Waals surface area contributed by atoms with Crippen molar-refractivity contribution in [3.63, 3.8) is 0 Å². The molecule has 0 radical (unpaired) electrons. The molecule has 1 aromatic rings. The maximum Gasteiger partial charge on any atom is 0.240 e. The van der Waals surface area contributed by atoms with E-state index in [-0.39, 0.29) is 28.9 Å². The lowest BCUT2D eigenvalue weighted by molar-refractivity contribution is 0.329. The van der Waals surface area contributed by atoms with Crippen LogP contribution < -0.4 is 15.4 Å². The van der Waals surface area contributed by atoms with E-state index >= 15 is 0 Å². The Kier molecular flexibility index (Phi) is 9.88. The molecule has 0 aliphatic heterocycles. The van der Waals surface area contributed by atoms with Gasteiger partial charge in [-0.3, -0.25) is 0 Å². The van der Waals surface area contributed by atoms with E-state index in [9.17, 15) is 8.42 Å². The average molecular weight is 494 g/mol. The predicted molar refractivity (Wildman–Crippen MR) is 117 cm³/mol. The number of aliphatic imine (C=N–C) groups is 1. The van der Waals surface area contributed by atoms with Crippen molar-refractivity contribution in [3.05, 3.63) is 29.8 Å². The quantitative estimate of drug-likeness (QED) is 0.323. The second kappa shape index (κ2) is 11.1. The Morgan fingerprint density at radius 3 is 2.31 bits per heavy atom. The molecule has 3 N–H and O–H groups in total. The van der Waals surface area contributed by atoms with Crippen LogP contribution in [0.2, 0.25) is 0 Å². The summed E-state index contributed by atoms with van der Waals surface area (Å²) in [6.45, 7) is 5.69. The molecule has 0 heterocycles. The highest BCUT2D eigenvalue weighted by atomic mass is 127. The van der Waals surface area contributed by atoms with Gasteiger partial charge in [-0.15, -0.1) is 24.0 Å². The lowest BCUT2D eigenvalue weighted by Gasteiger charge is -2.28. The number of sulfonamides is 1. The molecule has 0 saturated heterocycles. The first-order chi connectivity index (χ1) is 11.9. The summed E-state index contributed by atoms with van der Waals surface area (Å²) < 4.78 is 25.8. The van der Waals surface area contributed by atoms with Gasteiger partial charge in [-0.25, -0.2) is 18.1 Å². The molecule has 1 aliphatic rings. The first-order valence-electron chi connectivity index (χ1n) is 9.02. The number of rotatable bonds is 6. The summed E-state index contributed by atoms with van der Waals surface area (Å²) in [5.74, 6) is 1.65. The van der Waals surface area contributed by atoms with Gasteiger partial charge in [-0.2, -0.15) is 0 Å². The molecular formula is C18H31IN4O2S. The fraction of sp³-hybridized carbons (Fsp3) is 0.611. The molecule has 0 unspecified atom stereocenters. The van der Waals surface area contributed by atoms with Crippen LogP contribution in [0.15, 0.2) is 34.2 Å². The Morgan fingerprint density at radius 2 is 1.77 bits per heavy atom. The summed E-state index contributed by atoms with van der Waals surface area (Å²) in [7, 11) is -1.98. The van der Waals surface area contributed by atoms with E-state index in [1.807, 2.05) is 0 Å². The summed E-state index contributed by atoms with van der Waals surface area (Å²) in [5, 5.41) is 6.81. The topological polar surface area (TPSA) is 82.6 Å². The van der Waals surface area contributed by atoms with Crippen molar-refractivity contribution in [1.29, 1.82) is 0 Å². The Labute approximate surface area is 174 Å². The van der Waals surface area contributed by atoms with Gasteiger partial charge in [0.2, 0.25) is 10.0 Å². The molecule has 0 spiro atoms. The van der Waals surface area contributed by atoms with Gasteiger partial charge < -0.3 is 10.6 Å². The summed E-state index contributed by atoms with van der Waals surface area (Å²) in [4.78, 5) is 4.91. The van der Waals surface area contributed by atoms with Crippen LogP contribution in [0.25, 0.3) is 0 Å². The zero-order valence-electron chi connectivity index (χ0n) is 15.8. The maximum atomic E-state index is 11.7. The van der Waals surface area contributed by atoms with E-state index < -0.39 is 10.0 Å². The first kappa shape index (κ1) is 23.2. The third-order valence-electron chi connectivity index (χ3n) is 4.62. The molecule has 0 amide bonds. The van der Waals surface area contributed by atoms with Gasteiger partial charge in [-0.05, 0) is 63.3 Å². The first-order valence-corrected chi connectivity index (χ1v) is 10.5. The third kappa shape index (κ3) is 7.03. The minimum Gasteiger partial charge on any atom is -0.357 e. The molecule has 1 saturated carbocycles. The maximum absolute atomic E-state index is 11.7. The third-order valence-corrected chi connectivity index (χ3v) is 6.05. The molecule has 1 fully saturated rings. The van der Waals surface area contributed by atoms with E-state index in [4.69, 9.17) is 0 Å². The highest BCUT2D eigenvalue weighted by molar-refractivity contribution is 14.0. The molecule has 0 atom stereocenters. The molecule has 148 valence electrons. The monoisotopic (exact) mass is 494 g/mol. The summed E-state index contributed by atoms with van der Waals surface area (Å²) >= 11 is 0. The second-order valence-electron chi connectivity index (χ2n) is 6.65. The highest BCUT2D eigenvalue weighted by Crippen LogP contribution is 2.23. The van der Waals surface area contributed by atoms with E-state index in [2.05, 4.69) is 34.2 Å². The van der Waals surface area contributed by atoms with Crippen molar-refractivity contribution in [2.24, 2.45) is 10.9 Å². The van der Waals surface area contributed by atoms with E-state index in [0.29, 0.717) is 12.6 Å². The average Bonchev–Trinajstić information content (AvgIpc) is 2.62. The Hall–Kier alpha value is -0.870. The van der Waals surface area contributed by atoms with E-state index in [1.165, 1.54) is 32.7 Å². The van der Waals surface area contributed by atoms with Crippen LogP contribution in [0.4, 0.5) is 0 Å². The van der Waals surface area contributed by atoms with Crippen LogP contribution in [0.1, 0.15) is 45.1 Å². The molecular weight excluding hydrogens is 463 g/mol. The molecule has 1 aliphatic carbocycles. The minimum atomic E-state index is -3.39. The zero-order chi connectivity index (χ0) is 18.3. The van der Waals surface area contributed by atoms with Crippen LogP contribution in [0.5, 0.6) is 0 Å². The molecule has 8 heteroatoms. The van der Waals surface area contributed by atoms with Crippen molar-refractivity contribution in [2.45, 2.75) is 57.0 Å². The fourth-order valence-electron chi connectivity index (χ4n) is 2.98. The van der Waals surface area contributed by atoms with Crippen molar-refractivity contribution in [3.8, 4) is 0 Å². The minimum absolute atomic E-state index is 0. The largest absolute Gasteiger partial charge is 0.357 e. The van der Waals surface area contributed by atoms with E-state index in [1.54, 1.807) is 24.3 Å². The van der Waals surface area contributed by atoms with Gasteiger partial charge in [0.1, 0.15) is 0 Å². The molecule has 0 aromatic heterocycles. The molecule has 0 bridgehead atoms. The number of hydrogen-bond acceptors (Lipinski definition) is 3. The number of hydrogen-bond donors (Lipinski definition) is 3. The normalized spacial score (nSPS) is 21.0. The second-order valence-corrected chi connectivity index (χ2v) is 8.53. The number of guanidine groups is 1. The number of halogens is 1. The number of nitrogens with zero attached hydrogens (tertiary/aromatic N) is 1. The Balaban J connectivity index is 0.00000338. The molecule has 26 heavy (non-hydrogen) atoms. The van der Waals surface area contributed by atoms with Gasteiger partial charge in [0.15, 0.2) is 5.96 Å². The predicted octanol–water partition coefficient (Wildman–Crippen LogP) is 2.85. The lowest BCUT2D eigenvalue weighted by Crippen LogP contribution is -2.44. The Morgan fingerprint density at radius 1 is 1.15 bits per heavy atom. The smallest absolute Gasteiger partial charge is 0.240 e. The van der Waals surface area contributed by atoms with Crippen molar-refractivity contribution >= 4 is 40.0 Å². The van der Waals surface area contributed by atoms with Gasteiger partial charge in [0.25, 0.3) is 0 Å². The summed E-state index contributed by atoms with van der Waals surface area (Å²) in [6, 6.07) is 7.32. The SMILES string of the molecule is CCNC(=NCc1ccc(S(=O)(=O)NC)cc1)NC1CCC(C)CC1.I. The lowest BCUT2D eigenvalue weighted by atomic mass is 9.87. The van der Waals surface area contributed by atoms with Crippen LogP contribution in [0, 0.1) is 5.92 Å². The van der Waals surface area contributed by atoms with Gasteiger partial charge in [0.05, 0.1) is 11.4 Å². The van der Waals surface area contributed by atoms with Crippen LogP contribution in [-0.2, 0) is 16.6 Å². The van der Waals surface area contributed by atoms with Crippen LogP contribution >= 0.6 is 24.0 Å². The molecule has 6 nitrogen and oxygen atoms in total. The molecule has 1 aromatic carbocycles. The Bertz CT molecular complexity index is 669. The van der Waals surface area contributed by atoms with Crippen molar-refractivity contribution < 1.29 is 8.42 Å².